The number of carbonyl (C=O) groups is 1. The third kappa shape index (κ3) is 3.61. The minimum absolute atomic E-state index is 0.00642. The number of nitrogens with zero attached hydrogens (tertiary/aromatic N) is 2. The highest BCUT2D eigenvalue weighted by atomic mass is 16.5. The normalized spacial score (nSPS) is 16.2. The lowest BCUT2D eigenvalue weighted by Crippen LogP contribution is -2.53. The van der Waals surface area contributed by atoms with Crippen LogP contribution in [0.25, 0.3) is 6.08 Å². The lowest BCUT2D eigenvalue weighted by molar-refractivity contribution is 0.0975. The summed E-state index contributed by atoms with van der Waals surface area (Å²) >= 11 is 0. The third-order valence-electron chi connectivity index (χ3n) is 5.28. The second-order valence-corrected chi connectivity index (χ2v) is 7.18. The molecule has 1 unspecified atom stereocenters. The lowest BCUT2D eigenvalue weighted by Gasteiger charge is -2.42. The van der Waals surface area contributed by atoms with E-state index in [9.17, 15) is 4.79 Å². The molecule has 0 bridgehead atoms. The van der Waals surface area contributed by atoms with Crippen LogP contribution in [0, 0.1) is 6.92 Å². The summed E-state index contributed by atoms with van der Waals surface area (Å²) in [7, 11) is 3.68. The molecule has 146 valence electrons. The van der Waals surface area contributed by atoms with Gasteiger partial charge in [0.05, 0.1) is 18.4 Å². The Labute approximate surface area is 171 Å². The predicted molar refractivity (Wildman–Crippen MR) is 119 cm³/mol. The summed E-state index contributed by atoms with van der Waals surface area (Å²) in [4.78, 5) is 17.4. The molecule has 0 aromatic heterocycles. The van der Waals surface area contributed by atoms with Crippen LogP contribution in [0.4, 0.5) is 11.4 Å². The summed E-state index contributed by atoms with van der Waals surface area (Å²) in [6, 6.07) is 23.7. The van der Waals surface area contributed by atoms with Crippen LogP contribution >= 0.6 is 0 Å². The minimum Gasteiger partial charge on any atom is -0.497 e. The minimum atomic E-state index is -0.234. The highest BCUT2D eigenvalue weighted by molar-refractivity contribution is 6.12. The van der Waals surface area contributed by atoms with Gasteiger partial charge in [0.1, 0.15) is 11.9 Å². The Balaban J connectivity index is 1.75. The largest absolute Gasteiger partial charge is 0.497 e. The van der Waals surface area contributed by atoms with Crippen LogP contribution in [-0.2, 0) is 0 Å². The van der Waals surface area contributed by atoms with Gasteiger partial charge in [0, 0.05) is 12.7 Å². The number of aryl methyl sites for hydroxylation is 1. The van der Waals surface area contributed by atoms with Gasteiger partial charge < -0.3 is 9.64 Å². The molecular weight excluding hydrogens is 360 g/mol. The molecule has 0 saturated heterocycles. The number of carbonyl (C=O) groups excluding carboxylic acids is 1. The molecule has 1 atom stereocenters. The number of ether oxygens (including phenoxy) is 1. The predicted octanol–water partition coefficient (Wildman–Crippen LogP) is 5.14. The zero-order valence-electron chi connectivity index (χ0n) is 16.9. The van der Waals surface area contributed by atoms with E-state index in [0.29, 0.717) is 5.56 Å². The van der Waals surface area contributed by atoms with Crippen molar-refractivity contribution in [1.29, 1.82) is 0 Å². The second-order valence-electron chi connectivity index (χ2n) is 7.18. The monoisotopic (exact) mass is 384 g/mol. The van der Waals surface area contributed by atoms with E-state index in [-0.39, 0.29) is 12.1 Å². The molecule has 29 heavy (non-hydrogen) atoms. The molecule has 0 fully saturated rings. The first-order valence-corrected chi connectivity index (χ1v) is 9.63. The van der Waals surface area contributed by atoms with E-state index >= 15 is 0 Å². The van der Waals surface area contributed by atoms with Crippen molar-refractivity contribution in [3.63, 3.8) is 0 Å². The van der Waals surface area contributed by atoms with E-state index in [4.69, 9.17) is 4.74 Å². The van der Waals surface area contributed by atoms with E-state index in [0.717, 1.165) is 28.3 Å². The number of likely N-dealkylation sites (N-methyl/N-ethyl adjacent to an activating group) is 1. The molecule has 1 amide bonds. The SMILES string of the molecule is COc1ccc(/C=C/C2N(C)c3ccccc3C(=O)N2c2ccc(C)cc2)cc1. The van der Waals surface area contributed by atoms with Crippen LogP contribution in [0.2, 0.25) is 0 Å². The number of hydrogen-bond donors (Lipinski definition) is 0. The van der Waals surface area contributed by atoms with E-state index in [2.05, 4.69) is 11.0 Å². The number of methoxy groups -OCH3 is 1. The molecule has 0 aliphatic carbocycles. The van der Waals surface area contributed by atoms with Gasteiger partial charge in [0.2, 0.25) is 0 Å². The molecule has 4 heteroatoms. The molecular formula is C25H24N2O2. The average Bonchev–Trinajstić information content (AvgIpc) is 2.76. The molecule has 1 aliphatic heterocycles. The number of hydrogen-bond acceptors (Lipinski definition) is 3. The van der Waals surface area contributed by atoms with Gasteiger partial charge in [-0.1, -0.05) is 48.0 Å². The Bertz CT molecular complexity index is 1040. The molecule has 3 aromatic carbocycles. The van der Waals surface area contributed by atoms with Crippen molar-refractivity contribution in [2.24, 2.45) is 0 Å². The van der Waals surface area contributed by atoms with Crippen molar-refractivity contribution in [2.45, 2.75) is 13.1 Å². The second kappa shape index (κ2) is 7.84. The Morgan fingerprint density at radius 3 is 2.31 bits per heavy atom. The van der Waals surface area contributed by atoms with E-state index in [1.165, 1.54) is 0 Å². The van der Waals surface area contributed by atoms with Crippen LogP contribution in [-0.4, -0.2) is 26.2 Å². The van der Waals surface area contributed by atoms with Gasteiger partial charge >= 0.3 is 0 Å². The van der Waals surface area contributed by atoms with Gasteiger partial charge in [-0.15, -0.1) is 0 Å². The molecule has 4 nitrogen and oxygen atoms in total. The molecule has 0 spiro atoms. The zero-order chi connectivity index (χ0) is 20.4. The van der Waals surface area contributed by atoms with Crippen LogP contribution in [0.15, 0.2) is 78.9 Å². The number of para-hydroxylation sites is 1. The van der Waals surface area contributed by atoms with Crippen LogP contribution < -0.4 is 14.5 Å². The number of rotatable bonds is 4. The van der Waals surface area contributed by atoms with Crippen molar-refractivity contribution in [2.75, 3.05) is 24.0 Å². The van der Waals surface area contributed by atoms with Gasteiger partial charge in [-0.3, -0.25) is 9.69 Å². The highest BCUT2D eigenvalue weighted by Crippen LogP contribution is 2.34. The number of fused-ring (bicyclic) bond motifs is 1. The summed E-state index contributed by atoms with van der Waals surface area (Å²) < 4.78 is 5.23. The van der Waals surface area contributed by atoms with Crippen LogP contribution in [0.5, 0.6) is 5.75 Å². The van der Waals surface area contributed by atoms with Crippen molar-refractivity contribution in [3.8, 4) is 5.75 Å². The quantitative estimate of drug-likeness (QED) is 0.624. The Morgan fingerprint density at radius 1 is 0.931 bits per heavy atom. The van der Waals surface area contributed by atoms with Crippen molar-refractivity contribution >= 4 is 23.4 Å². The molecule has 1 heterocycles. The van der Waals surface area contributed by atoms with Crippen LogP contribution in [0.3, 0.4) is 0 Å². The molecule has 4 rings (SSSR count). The molecule has 0 radical (unpaired) electrons. The Morgan fingerprint density at radius 2 is 1.62 bits per heavy atom. The highest BCUT2D eigenvalue weighted by Gasteiger charge is 2.35. The number of anilines is 2. The standard InChI is InChI=1S/C25H24N2O2/c1-18-8-13-20(14-9-18)27-24(17-12-19-10-15-21(29-3)16-11-19)26(2)23-7-5-4-6-22(23)25(27)28/h4-17,24H,1-3H3/b17-12+. The number of benzene rings is 3. The summed E-state index contributed by atoms with van der Waals surface area (Å²) in [5.41, 5.74) is 4.74. The fraction of sp³-hybridized carbons (Fsp3) is 0.160. The third-order valence-corrected chi connectivity index (χ3v) is 5.28. The summed E-state index contributed by atoms with van der Waals surface area (Å²) in [5, 5.41) is 0. The lowest BCUT2D eigenvalue weighted by atomic mass is 10.0. The summed E-state index contributed by atoms with van der Waals surface area (Å²) in [6.45, 7) is 2.05. The van der Waals surface area contributed by atoms with Gasteiger partial charge in [0.25, 0.3) is 5.91 Å². The maximum atomic E-state index is 13.4. The topological polar surface area (TPSA) is 32.8 Å². The Kier molecular flexibility index (Phi) is 5.09. The molecule has 0 N–H and O–H groups in total. The molecule has 1 aliphatic rings. The van der Waals surface area contributed by atoms with Crippen molar-refractivity contribution in [3.05, 3.63) is 95.6 Å². The molecule has 0 saturated carbocycles. The van der Waals surface area contributed by atoms with Crippen molar-refractivity contribution < 1.29 is 9.53 Å². The Hall–Kier alpha value is -3.53. The van der Waals surface area contributed by atoms with E-state index in [1.807, 2.05) is 97.7 Å². The smallest absolute Gasteiger partial charge is 0.262 e. The van der Waals surface area contributed by atoms with Gasteiger partial charge in [-0.2, -0.15) is 0 Å². The van der Waals surface area contributed by atoms with Gasteiger partial charge in [0.15, 0.2) is 0 Å². The van der Waals surface area contributed by atoms with Gasteiger partial charge in [-0.25, -0.2) is 0 Å². The van der Waals surface area contributed by atoms with Gasteiger partial charge in [-0.05, 0) is 55.0 Å². The summed E-state index contributed by atoms with van der Waals surface area (Å²) in [5.74, 6) is 0.828. The maximum absolute atomic E-state index is 13.4. The molecule has 3 aromatic rings. The summed E-state index contributed by atoms with van der Waals surface area (Å²) in [6.07, 6.45) is 3.88. The fourth-order valence-electron chi connectivity index (χ4n) is 3.63. The van der Waals surface area contributed by atoms with E-state index < -0.39 is 0 Å². The first-order chi connectivity index (χ1) is 14.1. The first-order valence-electron chi connectivity index (χ1n) is 9.63. The zero-order valence-corrected chi connectivity index (χ0v) is 16.9. The first kappa shape index (κ1) is 18.8. The average molecular weight is 384 g/mol. The van der Waals surface area contributed by atoms with E-state index in [1.54, 1.807) is 7.11 Å². The number of amides is 1. The van der Waals surface area contributed by atoms with Crippen molar-refractivity contribution in [1.82, 2.24) is 0 Å². The van der Waals surface area contributed by atoms with Crippen LogP contribution in [0.1, 0.15) is 21.5 Å². The maximum Gasteiger partial charge on any atom is 0.262 e. The fourth-order valence-corrected chi connectivity index (χ4v) is 3.63.